The maximum atomic E-state index is 7.32. The largest absolute Gasteiger partial charge is 1.00 e. The Bertz CT molecular complexity index is 2180. The second kappa shape index (κ2) is 25.3. The summed E-state index contributed by atoms with van der Waals surface area (Å²) < 4.78 is 0. The van der Waals surface area contributed by atoms with Gasteiger partial charge in [0.2, 0.25) is 0 Å². The van der Waals surface area contributed by atoms with E-state index in [4.69, 9.17) is 10.5 Å². The van der Waals surface area contributed by atoms with E-state index < -0.39 is 15.8 Å². The average molecular weight is 835 g/mol. The van der Waals surface area contributed by atoms with Gasteiger partial charge in [-0.05, 0) is 47.7 Å². The predicted octanol–water partition coefficient (Wildman–Crippen LogP) is 11.7. The molecule has 0 aliphatic heterocycles. The first kappa shape index (κ1) is 44.7. The van der Waals surface area contributed by atoms with Crippen LogP contribution in [-0.4, -0.2) is 0 Å². The van der Waals surface area contributed by atoms with E-state index >= 15 is 0 Å². The Hall–Kier alpha value is -6.01. The fourth-order valence-electron chi connectivity index (χ4n) is 6.26. The summed E-state index contributed by atoms with van der Waals surface area (Å²) in [5.74, 6) is 0. The predicted molar refractivity (Wildman–Crippen MR) is 250 cm³/mol. The Balaban J connectivity index is 0.000000181. The van der Waals surface area contributed by atoms with E-state index in [0.717, 1.165) is 0 Å². The van der Waals surface area contributed by atoms with E-state index in [-0.39, 0.29) is 17.1 Å². The van der Waals surface area contributed by atoms with Crippen molar-refractivity contribution in [2.75, 3.05) is 0 Å². The minimum atomic E-state index is -0.446. The molecule has 0 saturated heterocycles. The first-order chi connectivity index (χ1) is 28.2. The molecule has 0 amide bonds. The van der Waals surface area contributed by atoms with Crippen LogP contribution in [-0.2, 0) is 17.1 Å². The van der Waals surface area contributed by atoms with Crippen LogP contribution in [0.1, 0.15) is 13.8 Å². The van der Waals surface area contributed by atoms with Crippen molar-refractivity contribution in [1.29, 1.82) is 10.5 Å². The zero-order valence-electron chi connectivity index (χ0n) is 32.6. The number of nitrogens with zero attached hydrogens (tertiary/aromatic N) is 2. The number of nitriles is 2. The third-order valence-corrected chi connectivity index (χ3v) is 13.5. The van der Waals surface area contributed by atoms with Crippen LogP contribution in [0, 0.1) is 22.7 Å². The zero-order chi connectivity index (χ0) is 39.9. The normalized spacial score (nSPS) is 9.69. The van der Waals surface area contributed by atoms with Gasteiger partial charge in [0.15, 0.2) is 0 Å². The molecule has 0 heterocycles. The van der Waals surface area contributed by atoms with Crippen molar-refractivity contribution in [3.63, 3.8) is 0 Å². The van der Waals surface area contributed by atoms with Crippen molar-refractivity contribution < 1.29 is 17.1 Å². The van der Waals surface area contributed by atoms with Crippen LogP contribution in [0.25, 0.3) is 21.5 Å². The van der Waals surface area contributed by atoms with Crippen molar-refractivity contribution in [2.45, 2.75) is 13.8 Å². The summed E-state index contributed by atoms with van der Waals surface area (Å²) in [5, 5.41) is 28.4. The molecule has 0 saturated carbocycles. The monoisotopic (exact) mass is 834 g/mol. The Morgan fingerprint density at radius 1 is 0.310 bits per heavy atom. The molecular weight excluding hydrogens is 790 g/mol. The maximum absolute atomic E-state index is 7.32. The van der Waals surface area contributed by atoms with Gasteiger partial charge >= 0.3 is 17.1 Å². The molecule has 0 unspecified atom stereocenters. The topological polar surface area (TPSA) is 47.6 Å². The van der Waals surface area contributed by atoms with Gasteiger partial charge in [0.1, 0.15) is 0 Å². The fraction of sp³-hybridized carbons (Fsp3) is 0.0377. The molecule has 0 spiro atoms. The Kier molecular flexibility index (Phi) is 19.5. The molecule has 9 rings (SSSR count). The van der Waals surface area contributed by atoms with Gasteiger partial charge < -0.3 is 0 Å². The van der Waals surface area contributed by atoms with Gasteiger partial charge in [-0.15, -0.1) is 39.7 Å². The van der Waals surface area contributed by atoms with E-state index in [2.05, 4.69) is 237 Å². The molecule has 9 aromatic rings. The second-order valence-corrected chi connectivity index (χ2v) is 16.9. The zero-order valence-corrected chi connectivity index (χ0v) is 35.3. The number of rotatable bonds is 6. The molecule has 0 aliphatic carbocycles. The minimum Gasteiger partial charge on any atom is -0.199 e. The van der Waals surface area contributed by atoms with Gasteiger partial charge in [-0.25, -0.2) is 0 Å². The van der Waals surface area contributed by atoms with E-state index in [1.807, 2.05) is 0 Å². The summed E-state index contributed by atoms with van der Waals surface area (Å²) >= 11 is 0. The van der Waals surface area contributed by atoms with Crippen molar-refractivity contribution in [3.8, 4) is 12.1 Å². The van der Waals surface area contributed by atoms with Crippen LogP contribution < -0.4 is 31.8 Å². The summed E-state index contributed by atoms with van der Waals surface area (Å²) in [4.78, 5) is 0. The average Bonchev–Trinajstić information content (AvgIpc) is 3.66. The van der Waals surface area contributed by atoms with E-state index in [1.165, 1.54) is 67.2 Å². The molecule has 0 N–H and O–H groups in total. The Labute approximate surface area is 357 Å². The van der Waals surface area contributed by atoms with Crippen LogP contribution in [0.5, 0.6) is 0 Å². The Morgan fingerprint density at radius 2 is 0.483 bits per heavy atom. The van der Waals surface area contributed by atoms with Gasteiger partial charge in [-0.2, -0.15) is 10.5 Å². The molecule has 288 valence electrons. The smallest absolute Gasteiger partial charge is 0.199 e. The first-order valence-corrected chi connectivity index (χ1v) is 21.4. The summed E-state index contributed by atoms with van der Waals surface area (Å²) in [5.41, 5.74) is 0. The van der Waals surface area contributed by atoms with E-state index in [0.29, 0.717) is 0 Å². The Morgan fingerprint density at radius 3 is 0.690 bits per heavy atom. The SMILES string of the molecule is CC#N.CC#N.[Cu+].c1ccc(P(c2ccccc2)c2ccccc2)cc1.c1ccc(P(c2ccccc2)c2ccccc2)cc1.c1ccc2c(c1)[cH-]c1ccccc12. The summed E-state index contributed by atoms with van der Waals surface area (Å²) in [6.45, 7) is 2.86. The molecule has 0 radical (unpaired) electrons. The molecule has 9 aromatic carbocycles. The quantitative estimate of drug-likeness (QED) is 0.0952. The van der Waals surface area contributed by atoms with Crippen LogP contribution in [0.2, 0.25) is 0 Å². The first-order valence-electron chi connectivity index (χ1n) is 18.7. The molecule has 0 atom stereocenters. The third kappa shape index (κ3) is 13.0. The molecule has 2 nitrogen and oxygen atoms in total. The fourth-order valence-corrected chi connectivity index (χ4v) is 10.9. The number of benzene rings is 8. The van der Waals surface area contributed by atoms with Crippen molar-refractivity contribution in [3.05, 3.63) is 237 Å². The molecule has 5 heteroatoms. The van der Waals surface area contributed by atoms with Crippen LogP contribution in [0.3, 0.4) is 0 Å². The molecular formula is C53H45CuN2P2. The van der Waals surface area contributed by atoms with Crippen molar-refractivity contribution >= 4 is 69.2 Å². The summed E-state index contributed by atoms with van der Waals surface area (Å²) in [7, 11) is -0.892. The molecule has 0 fully saturated rings. The molecule has 0 aliphatic rings. The van der Waals surface area contributed by atoms with Crippen LogP contribution in [0.15, 0.2) is 237 Å². The summed E-state index contributed by atoms with van der Waals surface area (Å²) in [6.07, 6.45) is 0. The molecule has 58 heavy (non-hydrogen) atoms. The number of fused-ring (bicyclic) bond motifs is 3. The van der Waals surface area contributed by atoms with Gasteiger partial charge in [-0.3, -0.25) is 0 Å². The van der Waals surface area contributed by atoms with Gasteiger partial charge in [0.05, 0.1) is 12.1 Å². The van der Waals surface area contributed by atoms with Gasteiger partial charge in [-0.1, -0.05) is 218 Å². The van der Waals surface area contributed by atoms with E-state index in [9.17, 15) is 0 Å². The van der Waals surface area contributed by atoms with Crippen LogP contribution >= 0.6 is 15.8 Å². The van der Waals surface area contributed by atoms with Crippen molar-refractivity contribution in [1.82, 2.24) is 0 Å². The van der Waals surface area contributed by atoms with E-state index in [1.54, 1.807) is 12.1 Å². The number of hydrogen-bond acceptors (Lipinski definition) is 2. The van der Waals surface area contributed by atoms with Crippen LogP contribution in [0.4, 0.5) is 0 Å². The third-order valence-electron chi connectivity index (χ3n) is 8.61. The second-order valence-electron chi connectivity index (χ2n) is 12.5. The van der Waals surface area contributed by atoms with Crippen molar-refractivity contribution in [2.24, 2.45) is 0 Å². The maximum Gasteiger partial charge on any atom is 1.00 e. The van der Waals surface area contributed by atoms with Gasteiger partial charge in [0, 0.05) is 13.8 Å². The summed E-state index contributed by atoms with van der Waals surface area (Å²) in [6, 6.07) is 87.4. The molecule has 0 aromatic heterocycles. The number of hydrogen-bond donors (Lipinski definition) is 0. The van der Waals surface area contributed by atoms with Gasteiger partial charge in [0.25, 0.3) is 0 Å². The minimum absolute atomic E-state index is 0. The standard InChI is InChI=1S/2C18H15P.C13H9.2C2H3N.Cu/c2*1-4-10-16(11-5-1)19(17-12-6-2-7-13-17)18-14-8-3-9-15-18;1-3-7-12-10(5-1)9-11-6-2-4-8-13(11)12;2*1-2-3;/h2*1-15H;1-9H;2*1H3;/q;;-1;;;+1. The molecule has 0 bridgehead atoms.